The molecule has 8 rings (SSSR count). The van der Waals surface area contributed by atoms with Crippen LogP contribution in [0.15, 0.2) is 0 Å². The van der Waals surface area contributed by atoms with Crippen molar-refractivity contribution in [2.75, 3.05) is 52.4 Å². The Hall–Kier alpha value is -1.69. The minimum atomic E-state index is -1.03. The van der Waals surface area contributed by atoms with Crippen LogP contribution in [0.5, 0.6) is 0 Å². The van der Waals surface area contributed by atoms with Gasteiger partial charge >= 0.3 is 12.2 Å². The average Bonchev–Trinajstić information content (AvgIpc) is 3.24. The Morgan fingerprint density at radius 3 is 1.18 bits per heavy atom. The van der Waals surface area contributed by atoms with Gasteiger partial charge in [-0.25, -0.2) is 27.5 Å². The average molecular weight is 968 g/mol. The summed E-state index contributed by atoms with van der Waals surface area (Å²) >= 11 is 0. The van der Waals surface area contributed by atoms with E-state index in [1.807, 2.05) is 88.0 Å². The van der Waals surface area contributed by atoms with Crippen LogP contribution in [0.25, 0.3) is 0 Å². The predicted molar refractivity (Wildman–Crippen MR) is 268 cm³/mol. The van der Waals surface area contributed by atoms with E-state index in [1.54, 1.807) is 4.90 Å². The third-order valence-corrected chi connectivity index (χ3v) is 19.3. The van der Waals surface area contributed by atoms with E-state index in [2.05, 4.69) is 20.1 Å². The van der Waals surface area contributed by atoms with Crippen molar-refractivity contribution in [1.29, 1.82) is 0 Å². The summed E-state index contributed by atoms with van der Waals surface area (Å²) in [4.78, 5) is 39.1. The molecule has 0 bridgehead atoms. The smallest absolute Gasteiger partial charge is 0.410 e. The van der Waals surface area contributed by atoms with Gasteiger partial charge < -0.3 is 35.6 Å². The summed E-state index contributed by atoms with van der Waals surface area (Å²) in [6.07, 6.45) is 17.3. The molecule has 16 heteroatoms. The van der Waals surface area contributed by atoms with Crippen molar-refractivity contribution in [3.8, 4) is 0 Å². The highest BCUT2D eigenvalue weighted by Gasteiger charge is 2.51. The fraction of sp³-hybridized carbons (Fsp3) is 0.940. The third kappa shape index (κ3) is 14.2. The van der Waals surface area contributed by atoms with E-state index in [0.717, 1.165) is 77.5 Å². The molecule has 0 aromatic rings. The van der Waals surface area contributed by atoms with Gasteiger partial charge in [0.25, 0.3) is 0 Å². The number of hydrogen-bond acceptors (Lipinski definition) is 10. The van der Waals surface area contributed by atoms with E-state index in [9.17, 15) is 22.8 Å². The van der Waals surface area contributed by atoms with E-state index in [0.29, 0.717) is 47.8 Å². The number of carbonyl (C=O) groups excluding carboxylic acids is 3. The van der Waals surface area contributed by atoms with E-state index in [-0.39, 0.29) is 32.5 Å². The van der Waals surface area contributed by atoms with Crippen LogP contribution in [0, 0.1) is 21.7 Å². The van der Waals surface area contributed by atoms with Crippen LogP contribution in [0.4, 0.5) is 9.59 Å². The summed E-state index contributed by atoms with van der Waals surface area (Å²) in [5.74, 6) is 0.390. The van der Waals surface area contributed by atoms with Gasteiger partial charge in [0.15, 0.2) is 0 Å². The molecule has 0 unspecified atom stereocenters. The maximum absolute atomic E-state index is 12.3. The number of rotatable bonds is 4. The van der Waals surface area contributed by atoms with Gasteiger partial charge in [-0.15, -0.1) is 0 Å². The Kier molecular flexibility index (Phi) is 18.2. The molecule has 0 aromatic carbocycles. The fourth-order valence-corrected chi connectivity index (χ4v) is 12.7. The van der Waals surface area contributed by atoms with Crippen molar-refractivity contribution in [2.24, 2.45) is 27.4 Å². The number of amides is 2. The van der Waals surface area contributed by atoms with Crippen molar-refractivity contribution < 1.29 is 32.3 Å². The summed E-state index contributed by atoms with van der Waals surface area (Å²) in [6, 6.07) is 1.31. The molecule has 4 aliphatic heterocycles. The lowest BCUT2D eigenvalue weighted by Crippen LogP contribution is -2.60. The first kappa shape index (κ1) is 55.2. The Bertz CT molecular complexity index is 1690. The molecule has 5 atom stereocenters. The minimum absolute atomic E-state index is 0.0848. The molecule has 6 N–H and O–H groups in total. The zero-order valence-corrected chi connectivity index (χ0v) is 45.0. The number of likely N-dealkylation sites (tertiary alicyclic amines) is 2. The third-order valence-electron chi connectivity index (χ3n) is 16.1. The maximum Gasteiger partial charge on any atom is 0.410 e. The SMILES string of the molecule is CC(C)(C)OC(=O)N1CCC2(CCC2=O)CC1.CC(C)(C)OC(=O)N1CCC2(CC[C@@H]2N[S@](=O)C(C)(C)C)CC1.CC(C)(C)[S@@](=O)N[C@H]1CCC12CCNCC2.N[C@H]1CCC12CCNCC2. The molecule has 4 saturated carbocycles. The first-order chi connectivity index (χ1) is 30.5. The molecule has 4 saturated heterocycles. The van der Waals surface area contributed by atoms with Crippen LogP contribution in [0.2, 0.25) is 0 Å². The van der Waals surface area contributed by atoms with Gasteiger partial charge in [0.1, 0.15) is 17.0 Å². The molecule has 382 valence electrons. The number of piperidine rings is 4. The van der Waals surface area contributed by atoms with Gasteiger partial charge in [-0.1, -0.05) is 0 Å². The lowest BCUT2D eigenvalue weighted by atomic mass is 9.60. The lowest BCUT2D eigenvalue weighted by molar-refractivity contribution is -0.142. The number of ketones is 1. The summed E-state index contributed by atoms with van der Waals surface area (Å²) < 4.78 is 41.5. The molecule has 8 aliphatic rings. The Morgan fingerprint density at radius 2 is 0.924 bits per heavy atom. The highest BCUT2D eigenvalue weighted by molar-refractivity contribution is 7.84. The van der Waals surface area contributed by atoms with Crippen LogP contribution in [0.1, 0.15) is 186 Å². The van der Waals surface area contributed by atoms with Gasteiger partial charge in [0.05, 0.1) is 31.5 Å². The molecule has 0 aromatic heterocycles. The number of hydrogen-bond donors (Lipinski definition) is 5. The zero-order chi connectivity index (χ0) is 49.0. The van der Waals surface area contributed by atoms with Crippen molar-refractivity contribution >= 4 is 39.9 Å². The summed E-state index contributed by atoms with van der Waals surface area (Å²) in [7, 11) is -1.94. The Morgan fingerprint density at radius 1 is 0.561 bits per heavy atom. The number of nitrogens with one attached hydrogen (secondary N) is 4. The van der Waals surface area contributed by atoms with E-state index in [1.165, 1.54) is 64.5 Å². The molecular formula is C50H93N7O7S2. The summed E-state index contributed by atoms with van der Waals surface area (Å²) in [5.41, 5.74) is 6.21. The monoisotopic (exact) mass is 968 g/mol. The second-order valence-electron chi connectivity index (χ2n) is 25.1. The quantitative estimate of drug-likeness (QED) is 0.188. The van der Waals surface area contributed by atoms with Gasteiger partial charge in [-0.3, -0.25) is 4.79 Å². The number of Topliss-reactive ketones (excluding diaryl/α,β-unsaturated/α-hetero) is 1. The number of ether oxygens (including phenoxy) is 2. The van der Waals surface area contributed by atoms with Gasteiger partial charge in [0.2, 0.25) is 0 Å². The van der Waals surface area contributed by atoms with Crippen LogP contribution < -0.4 is 25.8 Å². The zero-order valence-electron chi connectivity index (χ0n) is 43.3. The van der Waals surface area contributed by atoms with Crippen LogP contribution in [-0.2, 0) is 36.2 Å². The van der Waals surface area contributed by atoms with Crippen LogP contribution in [0.3, 0.4) is 0 Å². The summed E-state index contributed by atoms with van der Waals surface area (Å²) in [6.45, 7) is 30.7. The highest BCUT2D eigenvalue weighted by atomic mass is 32.2. The maximum atomic E-state index is 12.3. The molecule has 4 heterocycles. The Balaban J connectivity index is 0.000000171. The molecule has 4 aliphatic carbocycles. The molecule has 14 nitrogen and oxygen atoms in total. The first-order valence-corrected chi connectivity index (χ1v) is 27.9. The second-order valence-corrected chi connectivity index (χ2v) is 29.0. The van der Waals surface area contributed by atoms with E-state index >= 15 is 0 Å². The van der Waals surface area contributed by atoms with E-state index in [4.69, 9.17) is 15.2 Å². The first-order valence-electron chi connectivity index (χ1n) is 25.6. The van der Waals surface area contributed by atoms with E-state index < -0.39 is 33.2 Å². The largest absolute Gasteiger partial charge is 0.444 e. The van der Waals surface area contributed by atoms with Gasteiger partial charge in [-0.05, 0) is 222 Å². The van der Waals surface area contributed by atoms with Crippen LogP contribution >= 0.6 is 0 Å². The number of carbonyl (C=O) groups is 3. The normalized spacial score (nSPS) is 28.3. The fourth-order valence-electron chi connectivity index (χ4n) is 10.8. The number of nitrogens with zero attached hydrogens (tertiary/aromatic N) is 2. The molecule has 4 spiro atoms. The van der Waals surface area contributed by atoms with Crippen molar-refractivity contribution in [3.05, 3.63) is 0 Å². The van der Waals surface area contributed by atoms with Crippen LogP contribution in [-0.4, -0.2) is 127 Å². The predicted octanol–water partition coefficient (Wildman–Crippen LogP) is 7.63. The second kappa shape index (κ2) is 21.7. The topological polar surface area (TPSA) is 184 Å². The molecule has 2 amide bonds. The molecule has 66 heavy (non-hydrogen) atoms. The summed E-state index contributed by atoms with van der Waals surface area (Å²) in [5, 5.41) is 6.78. The standard InChI is InChI=1S/C17H32N2O3S.C13H21NO3.C12H24N2OS.C8H16N2/c1-15(2,3)22-14(20)19-11-9-17(10-12-19)8-7-13(17)18-23(21)16(4,5)6;1-12(2,3)17-11(16)14-8-6-13(7-9-14)5-4-10(13)15;1-11(2,3)16(15)14-10-4-5-12(10)6-8-13-9-7-12;9-7-1-2-8(7)3-5-10-6-4-8/h13,18H,7-12H2,1-6H3;4-9H2,1-3H3;10,13-14H,4-9H2,1-3H3;7,10H,1-6,9H2/t13-,23+;;10-,16+;7-/m0.00/s1. The van der Waals surface area contributed by atoms with Crippen molar-refractivity contribution in [3.63, 3.8) is 0 Å². The van der Waals surface area contributed by atoms with Gasteiger partial charge in [0, 0.05) is 56.1 Å². The minimum Gasteiger partial charge on any atom is -0.444 e. The van der Waals surface area contributed by atoms with Crippen molar-refractivity contribution in [1.82, 2.24) is 29.9 Å². The number of nitrogens with two attached hydrogens (primary N) is 1. The highest BCUT2D eigenvalue weighted by Crippen LogP contribution is 2.51. The molecular weight excluding hydrogens is 875 g/mol. The lowest BCUT2D eigenvalue weighted by Gasteiger charge is -2.54. The van der Waals surface area contributed by atoms with Gasteiger partial charge in [-0.2, -0.15) is 0 Å². The van der Waals surface area contributed by atoms with Crippen molar-refractivity contribution in [2.45, 2.75) is 225 Å². The molecule has 0 radical (unpaired) electrons. The Labute approximate surface area is 404 Å². The molecule has 8 fully saturated rings.